The molecule has 4 heteroatoms. The molecule has 1 unspecified atom stereocenters. The van der Waals surface area contributed by atoms with Gasteiger partial charge in [0.25, 0.3) is 0 Å². The summed E-state index contributed by atoms with van der Waals surface area (Å²) in [5.41, 5.74) is 3.31. The van der Waals surface area contributed by atoms with E-state index in [1.165, 1.54) is 5.56 Å². The smallest absolute Gasteiger partial charge is 0.321 e. The van der Waals surface area contributed by atoms with Crippen molar-refractivity contribution >= 4 is 11.7 Å². The van der Waals surface area contributed by atoms with E-state index in [-0.39, 0.29) is 12.1 Å². The summed E-state index contributed by atoms with van der Waals surface area (Å²) >= 11 is 0. The van der Waals surface area contributed by atoms with Crippen LogP contribution in [0.3, 0.4) is 0 Å². The topological polar surface area (TPSA) is 52.6 Å². The van der Waals surface area contributed by atoms with Crippen LogP contribution in [0.2, 0.25) is 0 Å². The quantitative estimate of drug-likeness (QED) is 0.807. The number of benzene rings is 2. The van der Waals surface area contributed by atoms with E-state index in [0.29, 0.717) is 11.8 Å². The number of likely N-dealkylation sites (tertiary alicyclic amines) is 1. The van der Waals surface area contributed by atoms with Crippen LogP contribution in [0.1, 0.15) is 24.0 Å². The molecule has 3 atom stereocenters. The third-order valence-corrected chi connectivity index (χ3v) is 5.22. The number of fused-ring (bicyclic) bond motifs is 1. The first-order valence-corrected chi connectivity index (χ1v) is 9.33. The van der Waals surface area contributed by atoms with Crippen molar-refractivity contribution < 1.29 is 9.90 Å². The Balaban J connectivity index is 0.000000236. The van der Waals surface area contributed by atoms with Crippen molar-refractivity contribution in [1.29, 1.82) is 0 Å². The summed E-state index contributed by atoms with van der Waals surface area (Å²) < 4.78 is 0. The molecular weight excluding hydrogens is 324 g/mol. The van der Waals surface area contributed by atoms with Gasteiger partial charge in [0, 0.05) is 18.8 Å². The number of amides is 2. The third-order valence-electron chi connectivity index (χ3n) is 5.22. The number of anilines is 1. The van der Waals surface area contributed by atoms with Crippen LogP contribution in [-0.4, -0.2) is 35.2 Å². The predicted octanol–water partition coefficient (Wildman–Crippen LogP) is 4.22. The molecule has 0 spiro atoms. The van der Waals surface area contributed by atoms with Gasteiger partial charge in [0.1, 0.15) is 0 Å². The van der Waals surface area contributed by atoms with Gasteiger partial charge in [-0.25, -0.2) is 4.79 Å². The van der Waals surface area contributed by atoms with Crippen LogP contribution >= 0.6 is 0 Å². The zero-order valence-electron chi connectivity index (χ0n) is 15.6. The Bertz CT molecular complexity index is 718. The molecule has 0 bridgehead atoms. The zero-order chi connectivity index (χ0) is 18.5. The molecule has 0 aromatic heterocycles. The lowest BCUT2D eigenvalue weighted by molar-refractivity contribution is 0.163. The molecule has 2 fully saturated rings. The van der Waals surface area contributed by atoms with Crippen LogP contribution in [0.5, 0.6) is 0 Å². The van der Waals surface area contributed by atoms with Crippen molar-refractivity contribution in [3.63, 3.8) is 0 Å². The summed E-state index contributed by atoms with van der Waals surface area (Å²) in [4.78, 5) is 14.1. The van der Waals surface area contributed by atoms with E-state index in [1.54, 1.807) is 0 Å². The average Bonchev–Trinajstić information content (AvgIpc) is 3.13. The summed E-state index contributed by atoms with van der Waals surface area (Å²) in [7, 11) is 0. The fourth-order valence-corrected chi connectivity index (χ4v) is 3.89. The molecule has 1 aliphatic carbocycles. The van der Waals surface area contributed by atoms with Crippen LogP contribution < -0.4 is 5.32 Å². The number of rotatable bonds is 1. The van der Waals surface area contributed by atoms with Crippen molar-refractivity contribution in [2.75, 3.05) is 18.4 Å². The maximum atomic E-state index is 12.2. The molecule has 26 heavy (non-hydrogen) atoms. The normalized spacial score (nSPS) is 23.8. The van der Waals surface area contributed by atoms with E-state index in [0.717, 1.165) is 37.2 Å². The highest BCUT2D eigenvalue weighted by Gasteiger charge is 2.41. The molecule has 2 aliphatic rings. The second-order valence-electron chi connectivity index (χ2n) is 7.50. The lowest BCUT2D eigenvalue weighted by atomic mass is 10.0. The lowest BCUT2D eigenvalue weighted by Crippen LogP contribution is -2.34. The SMILES string of the molecule is Cc1cccc(NC(=O)N2C[C@H]3CC(O)C[C@H]3C2)c1.Cc1ccccc1. The van der Waals surface area contributed by atoms with Gasteiger partial charge in [-0.15, -0.1) is 0 Å². The Kier molecular flexibility index (Phi) is 5.94. The second kappa shape index (κ2) is 8.37. The van der Waals surface area contributed by atoms with E-state index in [1.807, 2.05) is 54.3 Å². The molecule has 2 aromatic rings. The highest BCUT2D eigenvalue weighted by Crippen LogP contribution is 2.38. The van der Waals surface area contributed by atoms with Gasteiger partial charge in [0.05, 0.1) is 6.10 Å². The number of aliphatic hydroxyl groups is 1. The first-order valence-electron chi connectivity index (χ1n) is 9.33. The minimum absolute atomic E-state index is 0.0190. The summed E-state index contributed by atoms with van der Waals surface area (Å²) in [5.74, 6) is 0.969. The summed E-state index contributed by atoms with van der Waals surface area (Å²) in [6.45, 7) is 5.65. The fourth-order valence-electron chi connectivity index (χ4n) is 3.89. The maximum Gasteiger partial charge on any atom is 0.321 e. The standard InChI is InChI=1S/C15H20N2O2.C7H8/c1-10-3-2-4-13(5-10)16-15(19)17-8-11-6-14(18)7-12(11)9-17;1-7-5-3-2-4-6-7/h2-5,11-12,14,18H,6-9H2,1H3,(H,16,19);2-6H,1H3/t11-,12+,14?;. The van der Waals surface area contributed by atoms with E-state index >= 15 is 0 Å². The number of carbonyl (C=O) groups is 1. The van der Waals surface area contributed by atoms with Crippen LogP contribution in [0.25, 0.3) is 0 Å². The molecule has 4 rings (SSSR count). The molecule has 1 aliphatic heterocycles. The van der Waals surface area contributed by atoms with Gasteiger partial charge in [-0.05, 0) is 56.2 Å². The van der Waals surface area contributed by atoms with Crippen molar-refractivity contribution in [3.8, 4) is 0 Å². The largest absolute Gasteiger partial charge is 0.393 e. The number of nitrogens with zero attached hydrogens (tertiary/aromatic N) is 1. The van der Waals surface area contributed by atoms with E-state index in [4.69, 9.17) is 0 Å². The molecule has 2 N–H and O–H groups in total. The van der Waals surface area contributed by atoms with Crippen LogP contribution in [-0.2, 0) is 0 Å². The monoisotopic (exact) mass is 352 g/mol. The average molecular weight is 352 g/mol. The molecule has 1 heterocycles. The van der Waals surface area contributed by atoms with Gasteiger partial charge in [-0.1, -0.05) is 48.0 Å². The molecule has 1 saturated carbocycles. The Labute approximate surface area is 155 Å². The summed E-state index contributed by atoms with van der Waals surface area (Å²) in [6, 6.07) is 18.1. The van der Waals surface area contributed by atoms with Crippen LogP contribution in [0.4, 0.5) is 10.5 Å². The Morgan fingerprint density at radius 1 is 0.962 bits per heavy atom. The molecule has 4 nitrogen and oxygen atoms in total. The fraction of sp³-hybridized carbons (Fsp3) is 0.409. The van der Waals surface area contributed by atoms with Gasteiger partial charge in [-0.2, -0.15) is 0 Å². The minimum atomic E-state index is -0.156. The molecule has 2 aromatic carbocycles. The highest BCUT2D eigenvalue weighted by atomic mass is 16.3. The van der Waals surface area contributed by atoms with E-state index in [2.05, 4.69) is 24.4 Å². The summed E-state index contributed by atoms with van der Waals surface area (Å²) in [5, 5.41) is 12.6. The van der Waals surface area contributed by atoms with Gasteiger partial charge < -0.3 is 15.3 Å². The van der Waals surface area contributed by atoms with E-state index in [9.17, 15) is 9.90 Å². The van der Waals surface area contributed by atoms with Crippen LogP contribution in [0.15, 0.2) is 54.6 Å². The first-order chi connectivity index (χ1) is 12.5. The van der Waals surface area contributed by atoms with Crippen molar-refractivity contribution in [1.82, 2.24) is 4.90 Å². The highest BCUT2D eigenvalue weighted by molar-refractivity contribution is 5.89. The number of hydrogen-bond acceptors (Lipinski definition) is 2. The number of aryl methyl sites for hydroxylation is 2. The van der Waals surface area contributed by atoms with Crippen molar-refractivity contribution in [2.45, 2.75) is 32.8 Å². The number of nitrogens with one attached hydrogen (secondary N) is 1. The number of urea groups is 1. The van der Waals surface area contributed by atoms with Crippen LogP contribution in [0, 0.1) is 25.7 Å². The second-order valence-corrected chi connectivity index (χ2v) is 7.50. The van der Waals surface area contributed by atoms with Crippen molar-refractivity contribution in [2.24, 2.45) is 11.8 Å². The summed E-state index contributed by atoms with van der Waals surface area (Å²) in [6.07, 6.45) is 1.54. The first kappa shape index (κ1) is 18.5. The minimum Gasteiger partial charge on any atom is -0.393 e. The Morgan fingerprint density at radius 3 is 2.12 bits per heavy atom. The zero-order valence-corrected chi connectivity index (χ0v) is 15.6. The molecule has 138 valence electrons. The van der Waals surface area contributed by atoms with Gasteiger partial charge in [0.2, 0.25) is 0 Å². The molecular formula is C22H28N2O2. The molecule has 1 saturated heterocycles. The molecule has 2 amide bonds. The van der Waals surface area contributed by atoms with Crippen molar-refractivity contribution in [3.05, 3.63) is 65.7 Å². The predicted molar refractivity (Wildman–Crippen MR) is 105 cm³/mol. The number of hydrogen-bond donors (Lipinski definition) is 2. The van der Waals surface area contributed by atoms with Gasteiger partial charge in [0.15, 0.2) is 0 Å². The third kappa shape index (κ3) is 4.85. The van der Waals surface area contributed by atoms with Gasteiger partial charge >= 0.3 is 6.03 Å². The Hall–Kier alpha value is -2.33. The maximum absolute atomic E-state index is 12.2. The molecule has 0 radical (unpaired) electrons. The Morgan fingerprint density at radius 2 is 1.58 bits per heavy atom. The van der Waals surface area contributed by atoms with Gasteiger partial charge in [-0.3, -0.25) is 0 Å². The van der Waals surface area contributed by atoms with E-state index < -0.39 is 0 Å². The number of aliphatic hydroxyl groups excluding tert-OH is 1. The lowest BCUT2D eigenvalue weighted by Gasteiger charge is -2.19. The number of carbonyl (C=O) groups excluding carboxylic acids is 1.